The van der Waals surface area contributed by atoms with Crippen LogP contribution in [0.15, 0.2) is 12.7 Å². The summed E-state index contributed by atoms with van der Waals surface area (Å²) in [5, 5.41) is 0. The van der Waals surface area contributed by atoms with Gasteiger partial charge in [0.25, 0.3) is 0 Å². The van der Waals surface area contributed by atoms with Gasteiger partial charge in [-0.2, -0.15) is 0 Å². The van der Waals surface area contributed by atoms with Gasteiger partial charge < -0.3 is 10.6 Å². The van der Waals surface area contributed by atoms with Crippen molar-refractivity contribution in [3.05, 3.63) is 12.7 Å². The van der Waals surface area contributed by atoms with Gasteiger partial charge in [-0.05, 0) is 38.9 Å². The van der Waals surface area contributed by atoms with Gasteiger partial charge in [-0.1, -0.05) is 13.0 Å². The maximum atomic E-state index is 5.52. The van der Waals surface area contributed by atoms with Crippen LogP contribution >= 0.6 is 0 Å². The second-order valence-corrected chi connectivity index (χ2v) is 3.53. The van der Waals surface area contributed by atoms with Gasteiger partial charge >= 0.3 is 0 Å². The Morgan fingerprint density at radius 1 is 1.58 bits per heavy atom. The fraction of sp³-hybridized carbons (Fsp3) is 0.800. The highest BCUT2D eigenvalue weighted by Gasteiger charge is 1.99. The Bertz CT molecular complexity index is 112. The Labute approximate surface area is 76.4 Å². The molecule has 1 unspecified atom stereocenters. The number of likely N-dealkylation sites (N-methyl/N-ethyl adjacent to an activating group) is 1. The molecule has 0 radical (unpaired) electrons. The molecule has 0 saturated carbocycles. The zero-order valence-corrected chi connectivity index (χ0v) is 8.42. The summed E-state index contributed by atoms with van der Waals surface area (Å²) < 4.78 is 0. The molecule has 0 saturated heterocycles. The molecule has 0 heterocycles. The molecule has 2 heteroatoms. The molecule has 0 aliphatic rings. The fourth-order valence-electron chi connectivity index (χ4n) is 1.14. The van der Waals surface area contributed by atoms with E-state index in [0.29, 0.717) is 5.92 Å². The third-order valence-electron chi connectivity index (χ3n) is 2.08. The van der Waals surface area contributed by atoms with Crippen molar-refractivity contribution in [1.29, 1.82) is 0 Å². The van der Waals surface area contributed by atoms with Crippen LogP contribution < -0.4 is 5.73 Å². The first-order chi connectivity index (χ1) is 5.70. The monoisotopic (exact) mass is 170 g/mol. The van der Waals surface area contributed by atoms with Gasteiger partial charge in [0.05, 0.1) is 0 Å². The SMILES string of the molecule is C=CCN(C)CCCC(C)CN. The predicted octanol–water partition coefficient (Wildman–Crippen LogP) is 1.48. The Balaban J connectivity index is 3.23. The van der Waals surface area contributed by atoms with Gasteiger partial charge in [-0.15, -0.1) is 6.58 Å². The van der Waals surface area contributed by atoms with E-state index in [4.69, 9.17) is 5.73 Å². The van der Waals surface area contributed by atoms with Crippen molar-refractivity contribution in [3.63, 3.8) is 0 Å². The van der Waals surface area contributed by atoms with Crippen LogP contribution in [0.25, 0.3) is 0 Å². The highest BCUT2D eigenvalue weighted by atomic mass is 15.1. The average Bonchev–Trinajstić information content (AvgIpc) is 2.04. The molecular formula is C10H22N2. The second kappa shape index (κ2) is 7.32. The van der Waals surface area contributed by atoms with Crippen molar-refractivity contribution < 1.29 is 0 Å². The van der Waals surface area contributed by atoms with Gasteiger partial charge in [0.2, 0.25) is 0 Å². The molecule has 0 aliphatic carbocycles. The van der Waals surface area contributed by atoms with Crippen LogP contribution in [-0.2, 0) is 0 Å². The molecule has 0 fully saturated rings. The molecule has 0 aromatic carbocycles. The predicted molar refractivity (Wildman–Crippen MR) is 55.1 cm³/mol. The van der Waals surface area contributed by atoms with Crippen LogP contribution in [-0.4, -0.2) is 31.6 Å². The van der Waals surface area contributed by atoms with E-state index >= 15 is 0 Å². The first-order valence-corrected chi connectivity index (χ1v) is 4.70. The summed E-state index contributed by atoms with van der Waals surface area (Å²) in [6, 6.07) is 0. The normalized spacial score (nSPS) is 13.3. The Morgan fingerprint density at radius 2 is 2.25 bits per heavy atom. The van der Waals surface area contributed by atoms with Crippen LogP contribution in [0, 0.1) is 5.92 Å². The van der Waals surface area contributed by atoms with Gasteiger partial charge in [-0.25, -0.2) is 0 Å². The zero-order chi connectivity index (χ0) is 9.40. The van der Waals surface area contributed by atoms with E-state index in [9.17, 15) is 0 Å². The Hall–Kier alpha value is -0.340. The molecule has 0 spiro atoms. The van der Waals surface area contributed by atoms with Gasteiger partial charge in [0, 0.05) is 6.54 Å². The van der Waals surface area contributed by atoms with Crippen LogP contribution in [0.2, 0.25) is 0 Å². The van der Waals surface area contributed by atoms with Crippen molar-refractivity contribution in [2.45, 2.75) is 19.8 Å². The van der Waals surface area contributed by atoms with Crippen molar-refractivity contribution in [2.75, 3.05) is 26.7 Å². The minimum Gasteiger partial charge on any atom is -0.330 e. The molecule has 1 atom stereocenters. The quantitative estimate of drug-likeness (QED) is 0.586. The minimum atomic E-state index is 0.669. The standard InChI is InChI=1S/C10H22N2/c1-4-7-12(3)8-5-6-10(2)9-11/h4,10H,1,5-9,11H2,2-3H3. The van der Waals surface area contributed by atoms with Gasteiger partial charge in [0.1, 0.15) is 0 Å². The van der Waals surface area contributed by atoms with Gasteiger partial charge in [0.15, 0.2) is 0 Å². The molecule has 12 heavy (non-hydrogen) atoms. The van der Waals surface area contributed by atoms with E-state index in [1.807, 2.05) is 6.08 Å². The molecular weight excluding hydrogens is 148 g/mol. The molecule has 2 N–H and O–H groups in total. The maximum absolute atomic E-state index is 5.52. The van der Waals surface area contributed by atoms with E-state index in [-0.39, 0.29) is 0 Å². The summed E-state index contributed by atoms with van der Waals surface area (Å²) in [7, 11) is 2.12. The average molecular weight is 170 g/mol. The lowest BCUT2D eigenvalue weighted by Gasteiger charge is -2.15. The molecule has 0 bridgehead atoms. The second-order valence-electron chi connectivity index (χ2n) is 3.53. The summed E-state index contributed by atoms with van der Waals surface area (Å²) >= 11 is 0. The molecule has 0 aromatic heterocycles. The third-order valence-corrected chi connectivity index (χ3v) is 2.08. The molecule has 2 nitrogen and oxygen atoms in total. The topological polar surface area (TPSA) is 29.3 Å². The van der Waals surface area contributed by atoms with E-state index in [0.717, 1.165) is 19.6 Å². The highest BCUT2D eigenvalue weighted by molar-refractivity contribution is 4.71. The fourth-order valence-corrected chi connectivity index (χ4v) is 1.14. The van der Waals surface area contributed by atoms with Crippen molar-refractivity contribution in [3.8, 4) is 0 Å². The summed E-state index contributed by atoms with van der Waals surface area (Å²) in [4.78, 5) is 2.27. The van der Waals surface area contributed by atoms with Crippen LogP contribution in [0.4, 0.5) is 0 Å². The zero-order valence-electron chi connectivity index (χ0n) is 8.42. The molecule has 0 aliphatic heterocycles. The van der Waals surface area contributed by atoms with Crippen molar-refractivity contribution in [2.24, 2.45) is 11.7 Å². The maximum Gasteiger partial charge on any atom is 0.0157 e. The number of hydrogen-bond acceptors (Lipinski definition) is 2. The summed E-state index contributed by atoms with van der Waals surface area (Å²) in [5.74, 6) is 0.669. The molecule has 0 amide bonds. The van der Waals surface area contributed by atoms with E-state index < -0.39 is 0 Å². The highest BCUT2D eigenvalue weighted by Crippen LogP contribution is 2.03. The summed E-state index contributed by atoms with van der Waals surface area (Å²) in [6.07, 6.45) is 4.41. The van der Waals surface area contributed by atoms with Crippen LogP contribution in [0.3, 0.4) is 0 Å². The molecule has 0 rings (SSSR count). The lowest BCUT2D eigenvalue weighted by molar-refractivity contribution is 0.345. The Morgan fingerprint density at radius 3 is 2.75 bits per heavy atom. The van der Waals surface area contributed by atoms with Crippen LogP contribution in [0.5, 0.6) is 0 Å². The van der Waals surface area contributed by atoms with E-state index in [1.165, 1.54) is 12.8 Å². The molecule has 0 aromatic rings. The lowest BCUT2D eigenvalue weighted by Crippen LogP contribution is -2.20. The Kier molecular flexibility index (Phi) is 7.11. The third kappa shape index (κ3) is 6.38. The smallest absolute Gasteiger partial charge is 0.0157 e. The first-order valence-electron chi connectivity index (χ1n) is 4.70. The minimum absolute atomic E-state index is 0.669. The lowest BCUT2D eigenvalue weighted by atomic mass is 10.1. The summed E-state index contributed by atoms with van der Waals surface area (Å²) in [5.41, 5.74) is 5.52. The molecule has 72 valence electrons. The van der Waals surface area contributed by atoms with Gasteiger partial charge in [-0.3, -0.25) is 0 Å². The van der Waals surface area contributed by atoms with E-state index in [1.54, 1.807) is 0 Å². The first kappa shape index (κ1) is 11.7. The number of hydrogen-bond donors (Lipinski definition) is 1. The summed E-state index contributed by atoms with van der Waals surface area (Å²) in [6.45, 7) is 8.84. The number of nitrogens with two attached hydrogens (primary N) is 1. The van der Waals surface area contributed by atoms with E-state index in [2.05, 4.69) is 25.5 Å². The largest absolute Gasteiger partial charge is 0.330 e. The number of nitrogens with zero attached hydrogens (tertiary/aromatic N) is 1. The van der Waals surface area contributed by atoms with Crippen LogP contribution in [0.1, 0.15) is 19.8 Å². The van der Waals surface area contributed by atoms with Crippen molar-refractivity contribution >= 4 is 0 Å². The number of rotatable bonds is 7. The van der Waals surface area contributed by atoms with Crippen molar-refractivity contribution in [1.82, 2.24) is 4.90 Å².